The molecule has 16 heavy (non-hydrogen) atoms. The van der Waals surface area contributed by atoms with Crippen LogP contribution in [0.3, 0.4) is 0 Å². The van der Waals surface area contributed by atoms with E-state index >= 15 is 0 Å². The largest absolute Gasteiger partial charge is 0.311 e. The summed E-state index contributed by atoms with van der Waals surface area (Å²) >= 11 is 0. The minimum absolute atomic E-state index is 0.725. The van der Waals surface area contributed by atoms with Crippen molar-refractivity contribution in [1.82, 2.24) is 5.32 Å². The van der Waals surface area contributed by atoms with Crippen molar-refractivity contribution in [2.24, 2.45) is 11.8 Å². The molecule has 0 heterocycles. The lowest BCUT2D eigenvalue weighted by molar-refractivity contribution is 0.321. The third kappa shape index (κ3) is 4.45. The fraction of sp³-hybridized carbons (Fsp3) is 1.00. The van der Waals surface area contributed by atoms with E-state index in [1.165, 1.54) is 44.9 Å². The molecule has 1 saturated carbocycles. The summed E-state index contributed by atoms with van der Waals surface area (Å²) in [7, 11) is 0. The average molecular weight is 225 g/mol. The summed E-state index contributed by atoms with van der Waals surface area (Å²) in [5.74, 6) is 1.78. The van der Waals surface area contributed by atoms with Gasteiger partial charge in [-0.1, -0.05) is 47.0 Å². The normalized spacial score (nSPS) is 29.1. The van der Waals surface area contributed by atoms with Crippen molar-refractivity contribution < 1.29 is 0 Å². The summed E-state index contributed by atoms with van der Waals surface area (Å²) in [5.41, 5.74) is 0. The highest BCUT2D eigenvalue weighted by molar-refractivity contribution is 4.79. The minimum atomic E-state index is 0.725. The average Bonchev–Trinajstić information content (AvgIpc) is 2.50. The predicted molar refractivity (Wildman–Crippen MR) is 72.7 cm³/mol. The van der Waals surface area contributed by atoms with Crippen molar-refractivity contribution in [3.8, 4) is 0 Å². The van der Waals surface area contributed by atoms with Gasteiger partial charge in [0.15, 0.2) is 0 Å². The number of rotatable bonds is 5. The number of nitrogens with one attached hydrogen (secondary N) is 1. The zero-order valence-corrected chi connectivity index (χ0v) is 11.8. The molecule has 96 valence electrons. The number of hydrogen-bond acceptors (Lipinski definition) is 1. The summed E-state index contributed by atoms with van der Waals surface area (Å²) in [6.45, 7) is 9.34. The van der Waals surface area contributed by atoms with Crippen LogP contribution >= 0.6 is 0 Å². The lowest BCUT2D eigenvalue weighted by Gasteiger charge is -2.27. The molecule has 0 aliphatic heterocycles. The molecule has 0 radical (unpaired) electrons. The summed E-state index contributed by atoms with van der Waals surface area (Å²) in [6, 6.07) is 1.52. The molecule has 0 amide bonds. The van der Waals surface area contributed by atoms with Gasteiger partial charge in [-0.3, -0.25) is 0 Å². The molecule has 0 spiro atoms. The van der Waals surface area contributed by atoms with Crippen LogP contribution in [-0.2, 0) is 0 Å². The minimum Gasteiger partial charge on any atom is -0.311 e. The van der Waals surface area contributed by atoms with Crippen molar-refractivity contribution in [1.29, 1.82) is 0 Å². The van der Waals surface area contributed by atoms with Gasteiger partial charge in [0.25, 0.3) is 0 Å². The third-order valence-electron chi connectivity index (χ3n) is 4.36. The molecule has 3 unspecified atom stereocenters. The van der Waals surface area contributed by atoms with E-state index in [0.29, 0.717) is 0 Å². The van der Waals surface area contributed by atoms with E-state index in [9.17, 15) is 0 Å². The van der Waals surface area contributed by atoms with Crippen LogP contribution in [0.2, 0.25) is 0 Å². The molecular weight excluding hydrogens is 194 g/mol. The molecule has 1 nitrogen and oxygen atoms in total. The lowest BCUT2D eigenvalue weighted by Crippen LogP contribution is -2.40. The smallest absolute Gasteiger partial charge is 0.00900 e. The second kappa shape index (κ2) is 7.32. The Labute approximate surface area is 102 Å². The van der Waals surface area contributed by atoms with E-state index in [1.807, 2.05) is 0 Å². The molecule has 1 rings (SSSR count). The Hall–Kier alpha value is -0.0400. The maximum atomic E-state index is 3.89. The maximum absolute atomic E-state index is 3.89. The quantitative estimate of drug-likeness (QED) is 0.685. The molecule has 1 fully saturated rings. The molecule has 1 N–H and O–H groups in total. The highest BCUT2D eigenvalue weighted by Crippen LogP contribution is 2.26. The number of hydrogen-bond donors (Lipinski definition) is 1. The van der Waals surface area contributed by atoms with Gasteiger partial charge in [-0.15, -0.1) is 0 Å². The Kier molecular flexibility index (Phi) is 6.41. The Bertz CT molecular complexity index is 176. The Morgan fingerprint density at radius 2 is 1.81 bits per heavy atom. The van der Waals surface area contributed by atoms with E-state index in [0.717, 1.165) is 23.9 Å². The van der Waals surface area contributed by atoms with Crippen molar-refractivity contribution in [3.05, 3.63) is 0 Å². The highest BCUT2D eigenvalue weighted by Gasteiger charge is 2.20. The third-order valence-corrected chi connectivity index (χ3v) is 4.36. The van der Waals surface area contributed by atoms with Crippen LogP contribution < -0.4 is 5.32 Å². The van der Waals surface area contributed by atoms with Gasteiger partial charge in [0.1, 0.15) is 0 Å². The zero-order chi connectivity index (χ0) is 12.0. The highest BCUT2D eigenvalue weighted by atomic mass is 15.0. The molecule has 0 aromatic rings. The molecule has 0 aromatic heterocycles. The topological polar surface area (TPSA) is 12.0 Å². The molecule has 0 aromatic carbocycles. The van der Waals surface area contributed by atoms with Gasteiger partial charge in [0, 0.05) is 12.1 Å². The van der Waals surface area contributed by atoms with Gasteiger partial charge in [-0.2, -0.15) is 0 Å². The summed E-state index contributed by atoms with van der Waals surface area (Å²) in [4.78, 5) is 0. The lowest BCUT2D eigenvalue weighted by atomic mass is 9.97. The SMILES string of the molecule is CCC1CCCC(NC(CC)C(C)C)CC1. The van der Waals surface area contributed by atoms with Gasteiger partial charge >= 0.3 is 0 Å². The first-order valence-corrected chi connectivity index (χ1v) is 7.43. The van der Waals surface area contributed by atoms with E-state index in [-0.39, 0.29) is 0 Å². The second-order valence-corrected chi connectivity index (χ2v) is 5.90. The van der Waals surface area contributed by atoms with Gasteiger partial charge < -0.3 is 5.32 Å². The molecule has 1 aliphatic rings. The van der Waals surface area contributed by atoms with Crippen LogP contribution in [0.25, 0.3) is 0 Å². The molecule has 1 aliphatic carbocycles. The molecule has 1 heteroatoms. The van der Waals surface area contributed by atoms with Crippen LogP contribution in [-0.4, -0.2) is 12.1 Å². The fourth-order valence-corrected chi connectivity index (χ4v) is 3.04. The van der Waals surface area contributed by atoms with Crippen LogP contribution in [0, 0.1) is 11.8 Å². The fourth-order valence-electron chi connectivity index (χ4n) is 3.04. The zero-order valence-electron chi connectivity index (χ0n) is 11.8. The van der Waals surface area contributed by atoms with Crippen molar-refractivity contribution in [3.63, 3.8) is 0 Å². The predicted octanol–water partition coefficient (Wildman–Crippen LogP) is 4.37. The van der Waals surface area contributed by atoms with E-state index in [4.69, 9.17) is 0 Å². The van der Waals surface area contributed by atoms with Gasteiger partial charge in [-0.25, -0.2) is 0 Å². The second-order valence-electron chi connectivity index (χ2n) is 5.90. The first kappa shape index (κ1) is 14.0. The first-order valence-electron chi connectivity index (χ1n) is 7.43. The van der Waals surface area contributed by atoms with Crippen molar-refractivity contribution in [2.75, 3.05) is 0 Å². The van der Waals surface area contributed by atoms with E-state index in [1.54, 1.807) is 0 Å². The van der Waals surface area contributed by atoms with Crippen LogP contribution in [0.5, 0.6) is 0 Å². The summed E-state index contributed by atoms with van der Waals surface area (Å²) < 4.78 is 0. The van der Waals surface area contributed by atoms with E-state index < -0.39 is 0 Å². The Balaban J connectivity index is 2.36. The maximum Gasteiger partial charge on any atom is 0.00900 e. The first-order chi connectivity index (χ1) is 7.67. The van der Waals surface area contributed by atoms with Crippen LogP contribution in [0.4, 0.5) is 0 Å². The van der Waals surface area contributed by atoms with E-state index in [2.05, 4.69) is 33.0 Å². The summed E-state index contributed by atoms with van der Waals surface area (Å²) in [6.07, 6.45) is 9.81. The Morgan fingerprint density at radius 1 is 1.06 bits per heavy atom. The van der Waals surface area contributed by atoms with Gasteiger partial charge in [0.05, 0.1) is 0 Å². The van der Waals surface area contributed by atoms with Gasteiger partial charge in [-0.05, 0) is 37.5 Å². The van der Waals surface area contributed by atoms with Gasteiger partial charge in [0.2, 0.25) is 0 Å². The monoisotopic (exact) mass is 225 g/mol. The van der Waals surface area contributed by atoms with Crippen molar-refractivity contribution in [2.45, 2.75) is 84.7 Å². The Morgan fingerprint density at radius 3 is 2.38 bits per heavy atom. The van der Waals surface area contributed by atoms with Crippen LogP contribution in [0.1, 0.15) is 72.6 Å². The summed E-state index contributed by atoms with van der Waals surface area (Å²) in [5, 5.41) is 3.89. The molecule has 0 bridgehead atoms. The van der Waals surface area contributed by atoms with Crippen LogP contribution in [0.15, 0.2) is 0 Å². The molecule has 3 atom stereocenters. The molecule has 0 saturated heterocycles. The van der Waals surface area contributed by atoms with Crippen molar-refractivity contribution >= 4 is 0 Å². The molecular formula is C15H31N. The standard InChI is InChI=1S/C15H31N/c1-5-13-8-7-9-14(11-10-13)16-15(6-2)12(3)4/h12-16H,5-11H2,1-4H3.